The Morgan fingerprint density at radius 1 is 1.85 bits per heavy atom. The summed E-state index contributed by atoms with van der Waals surface area (Å²) >= 11 is 4.70. The van der Waals surface area contributed by atoms with Gasteiger partial charge in [-0.05, 0) is 13.8 Å². The monoisotopic (exact) mass is 262 g/mol. The molecule has 13 heavy (non-hydrogen) atoms. The van der Waals surface area contributed by atoms with Crippen LogP contribution in [0.15, 0.2) is 6.20 Å². The van der Waals surface area contributed by atoms with Crippen molar-refractivity contribution in [1.82, 2.24) is 10.3 Å². The Morgan fingerprint density at radius 2 is 2.54 bits per heavy atom. The van der Waals surface area contributed by atoms with E-state index in [9.17, 15) is 4.79 Å². The maximum absolute atomic E-state index is 11.0. The van der Waals surface area contributed by atoms with Gasteiger partial charge in [-0.15, -0.1) is 11.3 Å². The van der Waals surface area contributed by atoms with Crippen LogP contribution in [0.2, 0.25) is 0 Å². The Labute approximate surface area is 89.7 Å². The van der Waals surface area contributed by atoms with Gasteiger partial charge in [0.05, 0.1) is 11.4 Å². The number of carbonyl (C=O) groups excluding carboxylic acids is 1. The fourth-order valence-electron chi connectivity index (χ4n) is 0.914. The number of aromatic nitrogens is 1. The summed E-state index contributed by atoms with van der Waals surface area (Å²) in [7, 11) is 0. The maximum Gasteiger partial charge on any atom is 0.231 e. The molecule has 1 aromatic rings. The SMILES string of the molecule is Cc1cnc(C(C)NC(=O)CBr)s1. The summed E-state index contributed by atoms with van der Waals surface area (Å²) in [5, 5.41) is 4.11. The Bertz CT molecular complexity index is 300. The van der Waals surface area contributed by atoms with Crippen LogP contribution in [0.25, 0.3) is 0 Å². The van der Waals surface area contributed by atoms with Gasteiger partial charge in [-0.2, -0.15) is 0 Å². The molecule has 72 valence electrons. The first-order valence-electron chi connectivity index (χ1n) is 3.91. The predicted molar refractivity (Wildman–Crippen MR) is 57.2 cm³/mol. The van der Waals surface area contributed by atoms with Gasteiger partial charge in [0.25, 0.3) is 0 Å². The second-order valence-electron chi connectivity index (χ2n) is 2.73. The minimum absolute atomic E-state index is 0.00347. The van der Waals surface area contributed by atoms with Gasteiger partial charge < -0.3 is 5.32 Å². The molecule has 0 saturated heterocycles. The lowest BCUT2D eigenvalue weighted by Crippen LogP contribution is -2.27. The summed E-state index contributed by atoms with van der Waals surface area (Å²) < 4.78 is 0. The lowest BCUT2D eigenvalue weighted by molar-refractivity contribution is -0.119. The number of nitrogens with zero attached hydrogens (tertiary/aromatic N) is 1. The van der Waals surface area contributed by atoms with Crippen molar-refractivity contribution in [2.75, 3.05) is 5.33 Å². The molecule has 0 aliphatic rings. The summed E-state index contributed by atoms with van der Waals surface area (Å²) in [6.45, 7) is 3.93. The molecule has 3 nitrogen and oxygen atoms in total. The van der Waals surface area contributed by atoms with Crippen LogP contribution in [0.1, 0.15) is 22.9 Å². The number of hydrogen-bond acceptors (Lipinski definition) is 3. The molecule has 5 heteroatoms. The number of nitrogens with one attached hydrogen (secondary N) is 1. The number of hydrogen-bond donors (Lipinski definition) is 1. The number of halogens is 1. The van der Waals surface area contributed by atoms with Crippen molar-refractivity contribution >= 4 is 33.2 Å². The smallest absolute Gasteiger partial charge is 0.231 e. The maximum atomic E-state index is 11.0. The minimum Gasteiger partial charge on any atom is -0.346 e. The third kappa shape index (κ3) is 3.08. The van der Waals surface area contributed by atoms with E-state index in [0.29, 0.717) is 5.33 Å². The fourth-order valence-corrected chi connectivity index (χ4v) is 1.85. The van der Waals surface area contributed by atoms with E-state index in [1.54, 1.807) is 11.3 Å². The summed E-state index contributed by atoms with van der Waals surface area (Å²) in [6.07, 6.45) is 1.82. The van der Waals surface area contributed by atoms with Crippen molar-refractivity contribution in [3.05, 3.63) is 16.1 Å². The number of amides is 1. The van der Waals surface area contributed by atoms with E-state index in [4.69, 9.17) is 0 Å². The molecular weight excluding hydrogens is 252 g/mol. The lowest BCUT2D eigenvalue weighted by Gasteiger charge is -2.08. The molecule has 1 amide bonds. The largest absolute Gasteiger partial charge is 0.346 e. The van der Waals surface area contributed by atoms with Crippen LogP contribution in [0.5, 0.6) is 0 Å². The quantitative estimate of drug-likeness (QED) is 0.848. The molecule has 0 aromatic carbocycles. The van der Waals surface area contributed by atoms with Crippen LogP contribution in [0, 0.1) is 6.92 Å². The second-order valence-corrected chi connectivity index (χ2v) is 4.56. The average molecular weight is 263 g/mol. The summed E-state index contributed by atoms with van der Waals surface area (Å²) in [6, 6.07) is 0.00347. The zero-order valence-electron chi connectivity index (χ0n) is 7.50. The Balaban J connectivity index is 2.58. The summed E-state index contributed by atoms with van der Waals surface area (Å²) in [4.78, 5) is 16.4. The highest BCUT2D eigenvalue weighted by Gasteiger charge is 2.11. The van der Waals surface area contributed by atoms with E-state index < -0.39 is 0 Å². The van der Waals surface area contributed by atoms with E-state index in [0.717, 1.165) is 9.88 Å². The number of alkyl halides is 1. The molecule has 0 aliphatic carbocycles. The van der Waals surface area contributed by atoms with E-state index in [2.05, 4.69) is 26.2 Å². The topological polar surface area (TPSA) is 42.0 Å². The Hall–Kier alpha value is -0.420. The Morgan fingerprint density at radius 3 is 3.00 bits per heavy atom. The number of carbonyl (C=O) groups is 1. The fraction of sp³-hybridized carbons (Fsp3) is 0.500. The first kappa shape index (κ1) is 10.7. The van der Waals surface area contributed by atoms with Crippen molar-refractivity contribution in [1.29, 1.82) is 0 Å². The number of rotatable bonds is 3. The molecule has 0 radical (unpaired) electrons. The highest BCUT2D eigenvalue weighted by Crippen LogP contribution is 2.18. The number of thiazole rings is 1. The van der Waals surface area contributed by atoms with Gasteiger partial charge in [-0.25, -0.2) is 4.98 Å². The molecule has 0 bridgehead atoms. The second kappa shape index (κ2) is 4.72. The molecule has 1 aromatic heterocycles. The first-order chi connectivity index (χ1) is 6.13. The zero-order chi connectivity index (χ0) is 9.84. The van der Waals surface area contributed by atoms with Gasteiger partial charge in [0.1, 0.15) is 5.01 Å². The van der Waals surface area contributed by atoms with Crippen LogP contribution in [0.3, 0.4) is 0 Å². The molecule has 1 unspecified atom stereocenters. The van der Waals surface area contributed by atoms with E-state index >= 15 is 0 Å². The minimum atomic E-state index is -0.0136. The summed E-state index contributed by atoms with van der Waals surface area (Å²) in [5.41, 5.74) is 0. The normalized spacial score (nSPS) is 12.5. The molecule has 1 rings (SSSR count). The van der Waals surface area contributed by atoms with Gasteiger partial charge >= 0.3 is 0 Å². The van der Waals surface area contributed by atoms with E-state index in [1.165, 1.54) is 0 Å². The molecule has 1 N–H and O–H groups in total. The van der Waals surface area contributed by atoms with Crippen molar-refractivity contribution in [2.45, 2.75) is 19.9 Å². The zero-order valence-corrected chi connectivity index (χ0v) is 9.91. The van der Waals surface area contributed by atoms with Crippen molar-refractivity contribution in [3.8, 4) is 0 Å². The lowest BCUT2D eigenvalue weighted by atomic mass is 10.3. The van der Waals surface area contributed by atoms with Crippen LogP contribution in [-0.2, 0) is 4.79 Å². The van der Waals surface area contributed by atoms with Crippen molar-refractivity contribution in [3.63, 3.8) is 0 Å². The number of aryl methyl sites for hydroxylation is 1. The van der Waals surface area contributed by atoms with Crippen LogP contribution in [0.4, 0.5) is 0 Å². The van der Waals surface area contributed by atoms with Gasteiger partial charge in [0, 0.05) is 11.1 Å². The Kier molecular flexibility index (Phi) is 3.87. The van der Waals surface area contributed by atoms with Crippen LogP contribution in [-0.4, -0.2) is 16.2 Å². The van der Waals surface area contributed by atoms with Crippen LogP contribution < -0.4 is 5.32 Å². The van der Waals surface area contributed by atoms with Gasteiger partial charge in [0.2, 0.25) is 5.91 Å². The average Bonchev–Trinajstić information content (AvgIpc) is 2.51. The molecular formula is C8H11BrN2OS. The molecule has 0 aliphatic heterocycles. The standard InChI is InChI=1S/C8H11BrN2OS/c1-5-4-10-8(13-5)6(2)11-7(12)3-9/h4,6H,3H2,1-2H3,(H,11,12). The van der Waals surface area contributed by atoms with Gasteiger partial charge in [-0.3, -0.25) is 4.79 Å². The first-order valence-corrected chi connectivity index (χ1v) is 5.85. The van der Waals surface area contributed by atoms with Gasteiger partial charge in [-0.1, -0.05) is 15.9 Å². The third-order valence-corrected chi connectivity index (χ3v) is 3.11. The van der Waals surface area contributed by atoms with E-state index in [-0.39, 0.29) is 11.9 Å². The molecule has 1 heterocycles. The highest BCUT2D eigenvalue weighted by molar-refractivity contribution is 9.09. The highest BCUT2D eigenvalue weighted by atomic mass is 79.9. The van der Waals surface area contributed by atoms with Crippen LogP contribution >= 0.6 is 27.3 Å². The van der Waals surface area contributed by atoms with Gasteiger partial charge in [0.15, 0.2) is 0 Å². The summed E-state index contributed by atoms with van der Waals surface area (Å²) in [5.74, 6) is -0.0136. The third-order valence-electron chi connectivity index (χ3n) is 1.51. The molecule has 0 fully saturated rings. The molecule has 0 spiro atoms. The molecule has 0 saturated carbocycles. The van der Waals surface area contributed by atoms with Crippen molar-refractivity contribution in [2.24, 2.45) is 0 Å². The molecule has 1 atom stereocenters. The van der Waals surface area contributed by atoms with Crippen molar-refractivity contribution < 1.29 is 4.79 Å². The predicted octanol–water partition coefficient (Wildman–Crippen LogP) is 2.02. The van der Waals surface area contributed by atoms with E-state index in [1.807, 2.05) is 20.0 Å².